The van der Waals surface area contributed by atoms with Gasteiger partial charge in [0.2, 0.25) is 12.7 Å². The molecule has 0 aromatic rings. The van der Waals surface area contributed by atoms with Crippen molar-refractivity contribution in [1.29, 1.82) is 0 Å². The minimum Gasteiger partial charge on any atom is -0.461 e. The van der Waals surface area contributed by atoms with Crippen molar-refractivity contribution in [2.24, 2.45) is 11.8 Å². The second-order valence-electron chi connectivity index (χ2n) is 7.42. The number of hydrogen-bond donors (Lipinski definition) is 1. The molecule has 0 aromatic heterocycles. The lowest BCUT2D eigenvalue weighted by Gasteiger charge is -2.32. The van der Waals surface area contributed by atoms with Crippen LogP contribution in [-0.4, -0.2) is 46.8 Å². The van der Waals surface area contributed by atoms with Gasteiger partial charge < -0.3 is 19.5 Å². The van der Waals surface area contributed by atoms with Gasteiger partial charge in [-0.15, -0.1) is 0 Å². The molecule has 0 fully saturated rings. The van der Waals surface area contributed by atoms with Crippen molar-refractivity contribution >= 4 is 34.9 Å². The van der Waals surface area contributed by atoms with Gasteiger partial charge in [-0.05, 0) is 39.5 Å². The molecule has 0 bridgehead atoms. The van der Waals surface area contributed by atoms with E-state index in [1.165, 1.54) is 0 Å². The minimum atomic E-state index is -1.06. The average Bonchev–Trinajstić information content (AvgIpc) is 2.50. The predicted molar refractivity (Wildman–Crippen MR) is 102 cm³/mol. The maximum absolute atomic E-state index is 12.4. The summed E-state index contributed by atoms with van der Waals surface area (Å²) in [5.74, 6) is -2.16. The zero-order valence-corrected chi connectivity index (χ0v) is 18.1. The number of esters is 2. The Morgan fingerprint density at radius 1 is 0.889 bits per heavy atom. The van der Waals surface area contributed by atoms with E-state index in [0.717, 1.165) is 0 Å². The van der Waals surface area contributed by atoms with E-state index in [0.29, 0.717) is 11.8 Å². The van der Waals surface area contributed by atoms with E-state index in [2.05, 4.69) is 5.32 Å². The molecule has 0 radical (unpaired) electrons. The molecule has 0 spiro atoms. The van der Waals surface area contributed by atoms with Crippen LogP contribution >= 0.6 is 11.8 Å². The molecule has 156 valence electrons. The minimum absolute atomic E-state index is 0.339. The first kappa shape index (κ1) is 25.2. The lowest BCUT2D eigenvalue weighted by atomic mass is 10.0. The summed E-state index contributed by atoms with van der Waals surface area (Å²) in [4.78, 5) is 48.0. The Bertz CT molecular complexity index is 544. The Balaban J connectivity index is 5.04. The first-order valence-corrected chi connectivity index (χ1v) is 9.62. The molecule has 0 rings (SSSR count). The van der Waals surface area contributed by atoms with Gasteiger partial charge in [-0.2, -0.15) is 0 Å². The largest absolute Gasteiger partial charge is 0.461 e. The Morgan fingerprint density at radius 3 is 1.89 bits per heavy atom. The van der Waals surface area contributed by atoms with Crippen molar-refractivity contribution in [1.82, 2.24) is 5.32 Å². The van der Waals surface area contributed by atoms with E-state index in [1.54, 1.807) is 55.4 Å². The van der Waals surface area contributed by atoms with Crippen LogP contribution in [0.5, 0.6) is 0 Å². The first-order valence-electron chi connectivity index (χ1n) is 8.81. The highest BCUT2D eigenvalue weighted by molar-refractivity contribution is 8.14. The number of hydrogen-bond acceptors (Lipinski definition) is 8. The van der Waals surface area contributed by atoms with Gasteiger partial charge in [0.05, 0.1) is 16.8 Å². The average molecular weight is 406 g/mol. The third-order valence-electron chi connectivity index (χ3n) is 3.29. The predicted octanol–water partition coefficient (Wildman–Crippen LogP) is 2.88. The lowest BCUT2D eigenvalue weighted by Crippen LogP contribution is -2.54. The van der Waals surface area contributed by atoms with Crippen LogP contribution in [0.15, 0.2) is 0 Å². The summed E-state index contributed by atoms with van der Waals surface area (Å²) in [6.45, 7) is 12.8. The van der Waals surface area contributed by atoms with Crippen LogP contribution in [0.3, 0.4) is 0 Å². The summed E-state index contributed by atoms with van der Waals surface area (Å²) in [5, 5.41) is 1.89. The highest BCUT2D eigenvalue weighted by Crippen LogP contribution is 2.31. The molecule has 0 unspecified atom stereocenters. The number of ether oxygens (including phenoxy) is 3. The van der Waals surface area contributed by atoms with Crippen LogP contribution in [0.4, 0.5) is 4.79 Å². The number of rotatable bonds is 9. The molecule has 0 saturated heterocycles. The standard InChI is InChI=1S/C18H31NO7S/c1-10(2)14(20)19-13(16(22)26-12(5)6)18(7,8)27-17(23)25-9-24-15(21)11(3)4/h10-13H,9H2,1-8H3,(H,19,20)/t13-/m0/s1. The fraction of sp³-hybridized carbons (Fsp3) is 0.778. The number of thioether (sulfide) groups is 1. The van der Waals surface area contributed by atoms with Crippen molar-refractivity contribution in [3.63, 3.8) is 0 Å². The summed E-state index contributed by atoms with van der Waals surface area (Å²) in [6.07, 6.45) is -0.376. The topological polar surface area (TPSA) is 108 Å². The quantitative estimate of drug-likeness (QED) is 0.461. The lowest BCUT2D eigenvalue weighted by molar-refractivity contribution is -0.155. The molecule has 8 nitrogen and oxygen atoms in total. The van der Waals surface area contributed by atoms with Crippen LogP contribution in [0, 0.1) is 11.8 Å². The summed E-state index contributed by atoms with van der Waals surface area (Å²) in [7, 11) is 0. The van der Waals surface area contributed by atoms with Gasteiger partial charge in [-0.1, -0.05) is 27.7 Å². The molecule has 1 atom stereocenters. The molecule has 0 aromatic carbocycles. The summed E-state index contributed by atoms with van der Waals surface area (Å²) in [5.41, 5.74) is 0. The van der Waals surface area contributed by atoms with Gasteiger partial charge >= 0.3 is 17.2 Å². The fourth-order valence-corrected chi connectivity index (χ4v) is 2.54. The van der Waals surface area contributed by atoms with Gasteiger partial charge in [0.25, 0.3) is 0 Å². The van der Waals surface area contributed by atoms with Crippen molar-refractivity contribution in [3.05, 3.63) is 0 Å². The highest BCUT2D eigenvalue weighted by atomic mass is 32.2. The highest BCUT2D eigenvalue weighted by Gasteiger charge is 2.41. The van der Waals surface area contributed by atoms with E-state index in [9.17, 15) is 19.2 Å². The molecule has 1 amide bonds. The van der Waals surface area contributed by atoms with Crippen molar-refractivity contribution in [2.75, 3.05) is 6.79 Å². The van der Waals surface area contributed by atoms with Crippen molar-refractivity contribution in [3.8, 4) is 0 Å². The Labute approximate surface area is 165 Å². The first-order chi connectivity index (χ1) is 12.3. The Hall–Kier alpha value is -1.77. The van der Waals surface area contributed by atoms with Gasteiger partial charge in [-0.25, -0.2) is 9.59 Å². The van der Waals surface area contributed by atoms with Gasteiger partial charge in [0, 0.05) is 5.92 Å². The van der Waals surface area contributed by atoms with E-state index < -0.39 is 34.8 Å². The zero-order chi connectivity index (χ0) is 21.4. The van der Waals surface area contributed by atoms with Crippen LogP contribution in [-0.2, 0) is 28.6 Å². The normalized spacial score (nSPS) is 12.7. The van der Waals surface area contributed by atoms with Gasteiger partial charge in [-0.3, -0.25) is 9.59 Å². The van der Waals surface area contributed by atoms with Crippen LogP contribution in [0.2, 0.25) is 0 Å². The number of nitrogens with one attached hydrogen (secondary N) is 1. The maximum atomic E-state index is 12.4. The second kappa shape index (κ2) is 11.2. The van der Waals surface area contributed by atoms with Gasteiger partial charge in [0.1, 0.15) is 6.04 Å². The molecule has 1 N–H and O–H groups in total. The van der Waals surface area contributed by atoms with Crippen LogP contribution in [0.1, 0.15) is 55.4 Å². The summed E-state index contributed by atoms with van der Waals surface area (Å²) in [6, 6.07) is -1.06. The maximum Gasteiger partial charge on any atom is 0.370 e. The molecule has 27 heavy (non-hydrogen) atoms. The van der Waals surface area contributed by atoms with E-state index in [4.69, 9.17) is 14.2 Å². The summed E-state index contributed by atoms with van der Waals surface area (Å²) >= 11 is 0.711. The Kier molecular flexibility index (Phi) is 10.4. The number of carbonyl (C=O) groups excluding carboxylic acids is 4. The molecule has 0 aliphatic carbocycles. The number of carbonyl (C=O) groups is 4. The SMILES string of the molecule is CC(C)OC(=O)[C@H](NC(=O)C(C)C)C(C)(C)SC(=O)OCOC(=O)C(C)C. The van der Waals surface area contributed by atoms with Crippen LogP contribution in [0.25, 0.3) is 0 Å². The third-order valence-corrected chi connectivity index (χ3v) is 4.34. The molecule has 0 aliphatic heterocycles. The van der Waals surface area contributed by atoms with E-state index in [1.807, 2.05) is 0 Å². The molecule has 0 heterocycles. The molecule has 9 heteroatoms. The third kappa shape index (κ3) is 9.65. The van der Waals surface area contributed by atoms with Gasteiger partial charge in [0.15, 0.2) is 0 Å². The smallest absolute Gasteiger partial charge is 0.370 e. The van der Waals surface area contributed by atoms with Crippen molar-refractivity contribution < 1.29 is 33.4 Å². The second-order valence-corrected chi connectivity index (χ2v) is 9.01. The van der Waals surface area contributed by atoms with Crippen LogP contribution < -0.4 is 5.32 Å². The van der Waals surface area contributed by atoms with Crippen molar-refractivity contribution in [2.45, 2.75) is 72.3 Å². The number of amides is 1. The van der Waals surface area contributed by atoms with E-state index in [-0.39, 0.29) is 23.8 Å². The Morgan fingerprint density at radius 2 is 1.44 bits per heavy atom. The fourth-order valence-electron chi connectivity index (χ4n) is 1.73. The molecule has 0 saturated carbocycles. The van der Waals surface area contributed by atoms with E-state index >= 15 is 0 Å². The molecular weight excluding hydrogens is 374 g/mol. The molecule has 0 aliphatic rings. The summed E-state index contributed by atoms with van der Waals surface area (Å²) < 4.78 is 13.8. The molecular formula is C18H31NO7S. The monoisotopic (exact) mass is 405 g/mol. The zero-order valence-electron chi connectivity index (χ0n) is 17.3.